The number of nitrogens with two attached hydrogens (primary N) is 1. The van der Waals surface area contributed by atoms with Crippen LogP contribution >= 0.6 is 22.9 Å². The van der Waals surface area contributed by atoms with Gasteiger partial charge in [-0.05, 0) is 23.0 Å². The normalized spacial score (nSPS) is 10.4. The summed E-state index contributed by atoms with van der Waals surface area (Å²) in [6.07, 6.45) is 1.71. The van der Waals surface area contributed by atoms with E-state index < -0.39 is 0 Å². The second-order valence-corrected chi connectivity index (χ2v) is 3.97. The molecule has 0 amide bonds. The second-order valence-electron chi connectivity index (χ2n) is 2.68. The monoisotopic (exact) mass is 225 g/mol. The second kappa shape index (κ2) is 4.04. The number of rotatable bonds is 2. The topological polar surface area (TPSA) is 51.8 Å². The summed E-state index contributed by atoms with van der Waals surface area (Å²) in [5, 5.41) is 2.25. The van der Waals surface area contributed by atoms with Gasteiger partial charge in [0.05, 0.1) is 5.69 Å². The van der Waals surface area contributed by atoms with Gasteiger partial charge >= 0.3 is 0 Å². The van der Waals surface area contributed by atoms with Crippen molar-refractivity contribution in [3.8, 4) is 10.4 Å². The molecule has 14 heavy (non-hydrogen) atoms. The van der Waals surface area contributed by atoms with Gasteiger partial charge in [0.1, 0.15) is 0 Å². The smallest absolute Gasteiger partial charge is 0.222 e. The quantitative estimate of drug-likeness (QED) is 0.799. The molecule has 0 saturated carbocycles. The maximum absolute atomic E-state index is 5.68. The molecule has 0 aliphatic carbocycles. The van der Waals surface area contributed by atoms with Gasteiger partial charge in [-0.2, -0.15) is 0 Å². The minimum Gasteiger partial charge on any atom is -0.325 e. The van der Waals surface area contributed by atoms with Crippen LogP contribution in [0.3, 0.4) is 0 Å². The molecule has 0 fully saturated rings. The Morgan fingerprint density at radius 1 is 1.50 bits per heavy atom. The summed E-state index contributed by atoms with van der Waals surface area (Å²) in [6, 6.07) is 3.99. The van der Waals surface area contributed by atoms with E-state index in [1.165, 1.54) is 0 Å². The Kier molecular flexibility index (Phi) is 2.77. The molecule has 2 rings (SSSR count). The average Bonchev–Trinajstić information content (AvgIpc) is 2.70. The molecule has 0 aliphatic heterocycles. The van der Waals surface area contributed by atoms with E-state index in [1.54, 1.807) is 17.5 Å². The van der Waals surface area contributed by atoms with Gasteiger partial charge in [0.25, 0.3) is 0 Å². The summed E-state index contributed by atoms with van der Waals surface area (Å²) in [5.41, 5.74) is 7.33. The lowest BCUT2D eigenvalue weighted by Gasteiger charge is -2.03. The molecule has 3 nitrogen and oxygen atoms in total. The molecule has 0 saturated heterocycles. The van der Waals surface area contributed by atoms with E-state index in [2.05, 4.69) is 9.97 Å². The van der Waals surface area contributed by atoms with Crippen molar-refractivity contribution in [3.63, 3.8) is 0 Å². The van der Waals surface area contributed by atoms with Crippen LogP contribution in [0, 0.1) is 0 Å². The predicted octanol–water partition coefficient (Wildman–Crippen LogP) is 2.32. The lowest BCUT2D eigenvalue weighted by Crippen LogP contribution is -2.02. The molecule has 0 radical (unpaired) electrons. The maximum atomic E-state index is 5.68. The van der Waals surface area contributed by atoms with Crippen LogP contribution in [-0.4, -0.2) is 9.97 Å². The Bertz CT molecular complexity index is 428. The van der Waals surface area contributed by atoms with Crippen LogP contribution < -0.4 is 5.73 Å². The van der Waals surface area contributed by atoms with Gasteiger partial charge < -0.3 is 5.73 Å². The first-order valence-corrected chi connectivity index (χ1v) is 5.32. The van der Waals surface area contributed by atoms with Crippen molar-refractivity contribution in [2.45, 2.75) is 6.54 Å². The van der Waals surface area contributed by atoms with Crippen molar-refractivity contribution in [1.82, 2.24) is 9.97 Å². The molecule has 0 unspecified atom stereocenters. The summed E-state index contributed by atoms with van der Waals surface area (Å²) in [4.78, 5) is 9.15. The molecule has 0 aromatic carbocycles. The van der Waals surface area contributed by atoms with Crippen LogP contribution in [0.15, 0.2) is 23.7 Å². The van der Waals surface area contributed by atoms with E-state index in [4.69, 9.17) is 17.3 Å². The highest BCUT2D eigenvalue weighted by Gasteiger charge is 2.07. The number of aromatic nitrogens is 2. The average molecular weight is 226 g/mol. The van der Waals surface area contributed by atoms with Crippen LogP contribution in [0.2, 0.25) is 5.28 Å². The summed E-state index contributed by atoms with van der Waals surface area (Å²) in [5.74, 6) is 0. The summed E-state index contributed by atoms with van der Waals surface area (Å²) in [6.45, 7) is 0.371. The molecule has 72 valence electrons. The fraction of sp³-hybridized carbons (Fsp3) is 0.111. The molecular weight excluding hydrogens is 218 g/mol. The zero-order valence-corrected chi connectivity index (χ0v) is 8.85. The first-order chi connectivity index (χ1) is 6.81. The lowest BCUT2D eigenvalue weighted by atomic mass is 10.2. The lowest BCUT2D eigenvalue weighted by molar-refractivity contribution is 0.969. The van der Waals surface area contributed by atoms with E-state index in [1.807, 2.05) is 17.5 Å². The van der Waals surface area contributed by atoms with Crippen LogP contribution in [0.25, 0.3) is 10.4 Å². The van der Waals surface area contributed by atoms with Gasteiger partial charge in [0, 0.05) is 23.2 Å². The van der Waals surface area contributed by atoms with Crippen molar-refractivity contribution in [2.75, 3.05) is 0 Å². The third-order valence-corrected chi connectivity index (χ3v) is 2.90. The van der Waals surface area contributed by atoms with E-state index in [9.17, 15) is 0 Å². The van der Waals surface area contributed by atoms with Gasteiger partial charge in [-0.15, -0.1) is 11.3 Å². The highest BCUT2D eigenvalue weighted by atomic mass is 35.5. The fourth-order valence-corrected chi connectivity index (χ4v) is 2.10. The van der Waals surface area contributed by atoms with E-state index in [0.717, 1.165) is 16.1 Å². The zero-order valence-electron chi connectivity index (χ0n) is 7.27. The molecule has 2 aromatic heterocycles. The minimum absolute atomic E-state index is 0.241. The Labute approximate surface area is 90.6 Å². The van der Waals surface area contributed by atoms with Crippen molar-refractivity contribution < 1.29 is 0 Å². The van der Waals surface area contributed by atoms with Gasteiger partial charge in [-0.1, -0.05) is 6.07 Å². The summed E-state index contributed by atoms with van der Waals surface area (Å²) in [7, 11) is 0. The van der Waals surface area contributed by atoms with Crippen LogP contribution in [-0.2, 0) is 6.54 Å². The third kappa shape index (κ3) is 1.77. The molecule has 2 N–H and O–H groups in total. The predicted molar refractivity (Wildman–Crippen MR) is 58.2 cm³/mol. The number of hydrogen-bond acceptors (Lipinski definition) is 4. The molecule has 2 heterocycles. The van der Waals surface area contributed by atoms with Gasteiger partial charge in [0.2, 0.25) is 5.28 Å². The Balaban J connectivity index is 2.53. The summed E-state index contributed by atoms with van der Waals surface area (Å²) < 4.78 is 0. The Hall–Kier alpha value is -0.970. The summed E-state index contributed by atoms with van der Waals surface area (Å²) >= 11 is 7.32. The Morgan fingerprint density at radius 3 is 3.00 bits per heavy atom. The largest absolute Gasteiger partial charge is 0.325 e. The Morgan fingerprint density at radius 2 is 2.36 bits per heavy atom. The molecule has 2 aromatic rings. The third-order valence-electron chi connectivity index (χ3n) is 1.82. The highest BCUT2D eigenvalue weighted by Crippen LogP contribution is 2.26. The van der Waals surface area contributed by atoms with Gasteiger partial charge in [-0.25, -0.2) is 9.97 Å². The number of thiophene rings is 1. The number of hydrogen-bond donors (Lipinski definition) is 1. The van der Waals surface area contributed by atoms with Gasteiger partial charge in [0.15, 0.2) is 0 Å². The standard InChI is InChI=1S/C9H8ClN3S/c10-9-12-5-6(7(4-11)13-9)8-2-1-3-14-8/h1-3,5H,4,11H2. The van der Waals surface area contributed by atoms with E-state index in [-0.39, 0.29) is 5.28 Å². The zero-order chi connectivity index (χ0) is 9.97. The van der Waals surface area contributed by atoms with Crippen molar-refractivity contribution >= 4 is 22.9 Å². The molecule has 0 atom stereocenters. The van der Waals surface area contributed by atoms with Crippen LogP contribution in [0.1, 0.15) is 5.69 Å². The fourth-order valence-electron chi connectivity index (χ4n) is 1.19. The molecule has 0 aliphatic rings. The molecule has 0 bridgehead atoms. The number of nitrogens with zero attached hydrogens (tertiary/aromatic N) is 2. The van der Waals surface area contributed by atoms with Crippen molar-refractivity contribution in [2.24, 2.45) is 5.73 Å². The van der Waals surface area contributed by atoms with Crippen LogP contribution in [0.4, 0.5) is 0 Å². The maximum Gasteiger partial charge on any atom is 0.222 e. The first-order valence-electron chi connectivity index (χ1n) is 4.06. The molecule has 0 spiro atoms. The first kappa shape index (κ1) is 9.58. The SMILES string of the molecule is NCc1nc(Cl)ncc1-c1cccs1. The van der Waals surface area contributed by atoms with Gasteiger partial charge in [-0.3, -0.25) is 0 Å². The number of halogens is 1. The molecule has 5 heteroatoms. The van der Waals surface area contributed by atoms with Crippen molar-refractivity contribution in [3.05, 3.63) is 34.7 Å². The van der Waals surface area contributed by atoms with Crippen LogP contribution in [0.5, 0.6) is 0 Å². The molecular formula is C9H8ClN3S. The van der Waals surface area contributed by atoms with Crippen molar-refractivity contribution in [1.29, 1.82) is 0 Å². The minimum atomic E-state index is 0.241. The van der Waals surface area contributed by atoms with E-state index in [0.29, 0.717) is 6.54 Å². The highest BCUT2D eigenvalue weighted by molar-refractivity contribution is 7.13. The van der Waals surface area contributed by atoms with E-state index >= 15 is 0 Å².